The molecule has 1 N–H and O–H groups in total. The molecule has 0 radical (unpaired) electrons. The molecule has 0 spiro atoms. The van der Waals surface area contributed by atoms with Gasteiger partial charge in [-0.05, 0) is 30.4 Å². The largest absolute Gasteiger partial charge is 0.465 e. The summed E-state index contributed by atoms with van der Waals surface area (Å²) in [4.78, 5) is 15.4. The van der Waals surface area contributed by atoms with E-state index in [4.69, 9.17) is 0 Å². The van der Waals surface area contributed by atoms with E-state index in [9.17, 15) is 4.79 Å². The van der Waals surface area contributed by atoms with Crippen LogP contribution in [0.3, 0.4) is 0 Å². The van der Waals surface area contributed by atoms with Gasteiger partial charge in [0.2, 0.25) is 0 Å². The summed E-state index contributed by atoms with van der Waals surface area (Å²) < 4.78 is 4.62. The lowest BCUT2D eigenvalue weighted by molar-refractivity contribution is 0.0600. The number of aromatic nitrogens is 1. The van der Waals surface area contributed by atoms with Crippen molar-refractivity contribution in [3.05, 3.63) is 29.6 Å². The van der Waals surface area contributed by atoms with Gasteiger partial charge in [0.25, 0.3) is 0 Å². The number of pyridine rings is 1. The first-order valence-electron chi connectivity index (χ1n) is 5.87. The molecule has 1 heterocycles. The monoisotopic (exact) mass is 234 g/mol. The minimum atomic E-state index is -0.345. The molecular formula is C13H18N2O2. The van der Waals surface area contributed by atoms with Gasteiger partial charge in [0.05, 0.1) is 18.4 Å². The molecule has 0 aliphatic heterocycles. The minimum Gasteiger partial charge on any atom is -0.465 e. The highest BCUT2D eigenvalue weighted by atomic mass is 16.5. The number of nitrogens with one attached hydrogen (secondary N) is 1. The van der Waals surface area contributed by atoms with Gasteiger partial charge >= 0.3 is 5.97 Å². The maximum absolute atomic E-state index is 11.2. The third-order valence-corrected chi connectivity index (χ3v) is 3.21. The third kappa shape index (κ3) is 3.27. The first-order valence-corrected chi connectivity index (χ1v) is 5.87. The van der Waals surface area contributed by atoms with Gasteiger partial charge in [0.15, 0.2) is 0 Å². The van der Waals surface area contributed by atoms with Crippen molar-refractivity contribution in [2.24, 2.45) is 5.41 Å². The maximum atomic E-state index is 11.2. The van der Waals surface area contributed by atoms with Crippen LogP contribution in [0.2, 0.25) is 0 Å². The number of methoxy groups -OCH3 is 1. The summed E-state index contributed by atoms with van der Waals surface area (Å²) >= 11 is 0. The minimum absolute atomic E-state index is 0.345. The Hall–Kier alpha value is -1.42. The van der Waals surface area contributed by atoms with Gasteiger partial charge in [-0.2, -0.15) is 0 Å². The number of nitrogens with zero attached hydrogens (tertiary/aromatic N) is 1. The Balaban J connectivity index is 1.83. The summed E-state index contributed by atoms with van der Waals surface area (Å²) in [6, 6.07) is 3.60. The molecule has 0 saturated heterocycles. The zero-order chi connectivity index (χ0) is 12.3. The van der Waals surface area contributed by atoms with E-state index in [0.29, 0.717) is 11.0 Å². The number of esters is 1. The van der Waals surface area contributed by atoms with Crippen molar-refractivity contribution < 1.29 is 9.53 Å². The van der Waals surface area contributed by atoms with Crippen molar-refractivity contribution >= 4 is 5.97 Å². The molecule has 4 heteroatoms. The molecule has 1 aromatic heterocycles. The number of ether oxygens (including phenoxy) is 1. The number of carbonyl (C=O) groups is 1. The Labute approximate surface area is 101 Å². The molecule has 2 rings (SSSR count). The topological polar surface area (TPSA) is 51.2 Å². The van der Waals surface area contributed by atoms with Crippen molar-refractivity contribution in [3.63, 3.8) is 0 Å². The second-order valence-corrected chi connectivity index (χ2v) is 4.94. The van der Waals surface area contributed by atoms with E-state index in [1.165, 1.54) is 20.0 Å². The van der Waals surface area contributed by atoms with Gasteiger partial charge in [-0.15, -0.1) is 0 Å². The molecule has 0 unspecified atom stereocenters. The molecule has 0 bridgehead atoms. The fourth-order valence-corrected chi connectivity index (χ4v) is 1.65. The number of hydrogen-bond acceptors (Lipinski definition) is 4. The average molecular weight is 234 g/mol. The summed E-state index contributed by atoms with van der Waals surface area (Å²) in [5.74, 6) is -0.345. The Morgan fingerprint density at radius 3 is 2.82 bits per heavy atom. The number of hydrogen-bond donors (Lipinski definition) is 1. The lowest BCUT2D eigenvalue weighted by Crippen LogP contribution is -2.22. The van der Waals surface area contributed by atoms with E-state index in [0.717, 1.165) is 18.8 Å². The van der Waals surface area contributed by atoms with E-state index in [-0.39, 0.29) is 5.97 Å². The molecule has 0 aromatic carbocycles. The molecule has 4 nitrogen and oxygen atoms in total. The molecule has 17 heavy (non-hydrogen) atoms. The maximum Gasteiger partial charge on any atom is 0.339 e. The predicted molar refractivity (Wildman–Crippen MR) is 64.6 cm³/mol. The molecule has 0 atom stereocenters. The second-order valence-electron chi connectivity index (χ2n) is 4.94. The van der Waals surface area contributed by atoms with E-state index in [2.05, 4.69) is 22.0 Å². The van der Waals surface area contributed by atoms with Crippen LogP contribution in [-0.2, 0) is 11.3 Å². The normalized spacial score (nSPS) is 16.6. The molecular weight excluding hydrogens is 216 g/mol. The molecule has 1 aromatic rings. The Morgan fingerprint density at radius 1 is 1.53 bits per heavy atom. The fourth-order valence-electron chi connectivity index (χ4n) is 1.65. The average Bonchev–Trinajstić information content (AvgIpc) is 3.07. The quantitative estimate of drug-likeness (QED) is 0.789. The lowest BCUT2D eigenvalue weighted by atomic mass is 10.1. The van der Waals surface area contributed by atoms with E-state index < -0.39 is 0 Å². The van der Waals surface area contributed by atoms with Crippen LogP contribution in [-0.4, -0.2) is 24.6 Å². The highest BCUT2D eigenvalue weighted by Gasteiger charge is 2.36. The predicted octanol–water partition coefficient (Wildman–Crippen LogP) is 1.76. The number of rotatable bonds is 5. The smallest absolute Gasteiger partial charge is 0.339 e. The lowest BCUT2D eigenvalue weighted by Gasteiger charge is -2.09. The van der Waals surface area contributed by atoms with Crippen LogP contribution < -0.4 is 5.32 Å². The van der Waals surface area contributed by atoms with Gasteiger partial charge < -0.3 is 10.1 Å². The molecule has 1 saturated carbocycles. The van der Waals surface area contributed by atoms with Gasteiger partial charge in [-0.25, -0.2) is 4.79 Å². The molecule has 0 amide bonds. The Bertz CT molecular complexity index is 396. The van der Waals surface area contributed by atoms with Gasteiger partial charge in [0.1, 0.15) is 0 Å². The van der Waals surface area contributed by atoms with Gasteiger partial charge in [-0.3, -0.25) is 4.98 Å². The van der Waals surface area contributed by atoms with E-state index >= 15 is 0 Å². The van der Waals surface area contributed by atoms with Gasteiger partial charge in [0, 0.05) is 19.3 Å². The first-order chi connectivity index (χ1) is 8.13. The summed E-state index contributed by atoms with van der Waals surface area (Å²) in [5, 5.41) is 3.39. The molecule has 1 aliphatic rings. The first kappa shape index (κ1) is 12.0. The van der Waals surface area contributed by atoms with Crippen LogP contribution in [0.15, 0.2) is 18.3 Å². The van der Waals surface area contributed by atoms with Crippen molar-refractivity contribution in [1.82, 2.24) is 10.3 Å². The van der Waals surface area contributed by atoms with Crippen molar-refractivity contribution in [3.8, 4) is 0 Å². The standard InChI is InChI=1S/C13H18N2O2/c1-13(5-6-13)9-14-8-11-4-3-10(7-15-11)12(16)17-2/h3-4,7,14H,5-6,8-9H2,1-2H3. The molecule has 92 valence electrons. The third-order valence-electron chi connectivity index (χ3n) is 3.21. The highest BCUT2D eigenvalue weighted by molar-refractivity contribution is 5.88. The van der Waals surface area contributed by atoms with Crippen LogP contribution >= 0.6 is 0 Å². The fraction of sp³-hybridized carbons (Fsp3) is 0.538. The van der Waals surface area contributed by atoms with E-state index in [1.807, 2.05) is 6.07 Å². The molecule has 1 fully saturated rings. The summed E-state index contributed by atoms with van der Waals surface area (Å²) in [7, 11) is 1.37. The number of carbonyl (C=O) groups excluding carboxylic acids is 1. The SMILES string of the molecule is COC(=O)c1ccc(CNCC2(C)CC2)nc1. The molecule has 1 aliphatic carbocycles. The van der Waals surface area contributed by atoms with Crippen molar-refractivity contribution in [2.75, 3.05) is 13.7 Å². The summed E-state index contributed by atoms with van der Waals surface area (Å²) in [6.07, 6.45) is 4.19. The zero-order valence-electron chi connectivity index (χ0n) is 10.3. The van der Waals surface area contributed by atoms with E-state index in [1.54, 1.807) is 12.3 Å². The van der Waals surface area contributed by atoms with Crippen molar-refractivity contribution in [2.45, 2.75) is 26.3 Å². The zero-order valence-corrected chi connectivity index (χ0v) is 10.3. The van der Waals surface area contributed by atoms with Crippen LogP contribution in [0.4, 0.5) is 0 Å². The van der Waals surface area contributed by atoms with Gasteiger partial charge in [-0.1, -0.05) is 6.92 Å². The Kier molecular flexibility index (Phi) is 3.43. The van der Waals surface area contributed by atoms with Crippen molar-refractivity contribution in [1.29, 1.82) is 0 Å². The van der Waals surface area contributed by atoms with Crippen LogP contribution in [0.5, 0.6) is 0 Å². The highest BCUT2D eigenvalue weighted by Crippen LogP contribution is 2.44. The van der Waals surface area contributed by atoms with Crippen LogP contribution in [0, 0.1) is 5.41 Å². The Morgan fingerprint density at radius 2 is 2.29 bits per heavy atom. The van der Waals surface area contributed by atoms with Crippen LogP contribution in [0.25, 0.3) is 0 Å². The summed E-state index contributed by atoms with van der Waals surface area (Å²) in [6.45, 7) is 4.07. The summed E-state index contributed by atoms with van der Waals surface area (Å²) in [5.41, 5.74) is 1.94. The second kappa shape index (κ2) is 4.84. The van der Waals surface area contributed by atoms with Crippen LogP contribution in [0.1, 0.15) is 35.8 Å².